The molecular formula is C10H14N2O12P3+3. The molecule has 6 atom stereocenters. The monoisotopic (exact) mass is 447 g/mol. The highest BCUT2D eigenvalue weighted by molar-refractivity contribution is 7.53. The highest BCUT2D eigenvalue weighted by Gasteiger charge is 2.49. The van der Waals surface area contributed by atoms with E-state index in [-0.39, 0.29) is 12.0 Å². The highest BCUT2D eigenvalue weighted by Crippen LogP contribution is 2.45. The number of ether oxygens (including phenoxy) is 1. The number of hydrogen-bond acceptors (Lipinski definition) is 11. The van der Waals surface area contributed by atoms with Crippen molar-refractivity contribution >= 4 is 24.8 Å². The van der Waals surface area contributed by atoms with Gasteiger partial charge in [-0.15, -0.1) is 9.42 Å². The molecule has 0 bridgehead atoms. The Morgan fingerprint density at radius 3 is 2.59 bits per heavy atom. The first-order chi connectivity index (χ1) is 12.7. The number of aliphatic hydroxyl groups is 2. The Hall–Kier alpha value is -1.30. The van der Waals surface area contributed by atoms with E-state index in [0.717, 1.165) is 10.8 Å². The van der Waals surface area contributed by atoms with E-state index in [0.29, 0.717) is 0 Å². The molecule has 1 aromatic heterocycles. The quantitative estimate of drug-likeness (QED) is 0.360. The van der Waals surface area contributed by atoms with Gasteiger partial charge in [0.1, 0.15) is 18.9 Å². The van der Waals surface area contributed by atoms with Gasteiger partial charge in [-0.1, -0.05) is 0 Å². The van der Waals surface area contributed by atoms with Crippen LogP contribution in [0.4, 0.5) is 0 Å². The summed E-state index contributed by atoms with van der Waals surface area (Å²) < 4.78 is 51.9. The van der Waals surface area contributed by atoms with Crippen molar-refractivity contribution in [2.45, 2.75) is 31.5 Å². The third-order valence-electron chi connectivity index (χ3n) is 3.34. The maximum absolute atomic E-state index is 11.9. The molecule has 1 aliphatic rings. The van der Waals surface area contributed by atoms with Crippen LogP contribution in [0.25, 0.3) is 0 Å². The Labute approximate surface area is 152 Å². The normalized spacial score (nSPS) is 24.0. The van der Waals surface area contributed by atoms with Gasteiger partial charge in [0.2, 0.25) is 0 Å². The van der Waals surface area contributed by atoms with E-state index in [1.54, 1.807) is 0 Å². The predicted molar refractivity (Wildman–Crippen MR) is 84.9 cm³/mol. The van der Waals surface area contributed by atoms with Crippen LogP contribution in [-0.2, 0) is 38.2 Å². The Bertz CT molecular complexity index is 853. The van der Waals surface area contributed by atoms with Crippen molar-refractivity contribution in [1.82, 2.24) is 9.55 Å². The Morgan fingerprint density at radius 1 is 1.26 bits per heavy atom. The second-order valence-corrected chi connectivity index (χ2v) is 7.99. The van der Waals surface area contributed by atoms with Gasteiger partial charge in [-0.3, -0.25) is 14.3 Å². The lowest BCUT2D eigenvalue weighted by atomic mass is 10.2. The van der Waals surface area contributed by atoms with Gasteiger partial charge in [0, 0.05) is 26.3 Å². The van der Waals surface area contributed by atoms with Crippen LogP contribution in [-0.4, -0.2) is 43.5 Å². The average Bonchev–Trinajstić information content (AvgIpc) is 2.93. The lowest BCUT2D eigenvalue weighted by Gasteiger charge is -2.14. The van der Waals surface area contributed by atoms with Gasteiger partial charge in [0.25, 0.3) is 5.56 Å². The fourth-order valence-electron chi connectivity index (χ4n) is 2.17. The van der Waals surface area contributed by atoms with Crippen LogP contribution in [0.3, 0.4) is 0 Å². The average molecular weight is 447 g/mol. The molecule has 2 rings (SSSR count). The molecule has 14 nitrogen and oxygen atoms in total. The van der Waals surface area contributed by atoms with E-state index in [1.807, 2.05) is 4.98 Å². The summed E-state index contributed by atoms with van der Waals surface area (Å²) in [5.74, 6) is 0. The Kier molecular flexibility index (Phi) is 7.95. The number of rotatable bonds is 9. The molecule has 1 aromatic rings. The molecule has 0 spiro atoms. The second-order valence-electron chi connectivity index (χ2n) is 5.06. The Morgan fingerprint density at radius 2 is 1.96 bits per heavy atom. The standard InChI is InChI=1S/C10H12N2O12P3/c13-3-5-2-12(10(16)11-9(5)15)8-1-6(14)7(22-8)4-21-26(19)24-27(20)23-25(17)18/h2,6-8,13-14H,1,3-4H2/q+1/p+2/t6-,7-,8-/m1/s1. The summed E-state index contributed by atoms with van der Waals surface area (Å²) in [6.07, 6.45) is -2.19. The molecule has 0 radical (unpaired) electrons. The van der Waals surface area contributed by atoms with Gasteiger partial charge >= 0.3 is 30.5 Å². The van der Waals surface area contributed by atoms with E-state index < -0.39 is 67.7 Å². The van der Waals surface area contributed by atoms with Gasteiger partial charge in [-0.25, -0.2) is 4.79 Å². The lowest BCUT2D eigenvalue weighted by molar-refractivity contribution is -0.0412. The molecule has 0 aromatic carbocycles. The minimum Gasteiger partial charge on any atom is -0.391 e. The van der Waals surface area contributed by atoms with Crippen molar-refractivity contribution < 1.29 is 46.7 Å². The second kappa shape index (κ2) is 9.76. The van der Waals surface area contributed by atoms with Gasteiger partial charge in [0.15, 0.2) is 8.62 Å². The van der Waals surface area contributed by atoms with Crippen molar-refractivity contribution in [3.63, 3.8) is 0 Å². The van der Waals surface area contributed by atoms with Crippen molar-refractivity contribution in [2.75, 3.05) is 6.61 Å². The first-order valence-electron chi connectivity index (χ1n) is 7.09. The summed E-state index contributed by atoms with van der Waals surface area (Å²) in [6.45, 7) is -1.11. The van der Waals surface area contributed by atoms with Crippen LogP contribution < -0.4 is 11.2 Å². The maximum atomic E-state index is 11.9. The van der Waals surface area contributed by atoms with Gasteiger partial charge in [0.05, 0.1) is 18.3 Å². The smallest absolute Gasteiger partial charge is 0.391 e. The largest absolute Gasteiger partial charge is 0.798 e. The molecule has 1 aliphatic heterocycles. The summed E-state index contributed by atoms with van der Waals surface area (Å²) in [5, 5.41) is 19.1. The molecule has 0 amide bonds. The number of aromatic nitrogens is 2. The van der Waals surface area contributed by atoms with Crippen molar-refractivity contribution in [1.29, 1.82) is 0 Å². The molecule has 1 fully saturated rings. The topological polar surface area (TPSA) is 204 Å². The highest BCUT2D eigenvalue weighted by atomic mass is 31.2. The Balaban J connectivity index is 1.96. The molecule has 0 aliphatic carbocycles. The third kappa shape index (κ3) is 6.09. The zero-order chi connectivity index (χ0) is 20.1. The summed E-state index contributed by atoms with van der Waals surface area (Å²) in [4.78, 5) is 33.7. The minimum absolute atomic E-state index is 0.0785. The lowest BCUT2D eigenvalue weighted by Crippen LogP contribution is -2.34. The van der Waals surface area contributed by atoms with Crippen LogP contribution in [0.5, 0.6) is 0 Å². The van der Waals surface area contributed by atoms with Crippen LogP contribution in [0.2, 0.25) is 0 Å². The summed E-state index contributed by atoms with van der Waals surface area (Å²) >= 11 is 0. The van der Waals surface area contributed by atoms with E-state index in [2.05, 4.69) is 8.62 Å². The van der Waals surface area contributed by atoms with E-state index in [1.165, 1.54) is 0 Å². The van der Waals surface area contributed by atoms with Crippen LogP contribution >= 0.6 is 24.8 Å². The van der Waals surface area contributed by atoms with Crippen molar-refractivity contribution in [3.8, 4) is 0 Å². The molecule has 3 unspecified atom stereocenters. The predicted octanol–water partition coefficient (Wildman–Crippen LogP) is -0.308. The van der Waals surface area contributed by atoms with Crippen LogP contribution in [0.1, 0.15) is 18.2 Å². The zero-order valence-corrected chi connectivity index (χ0v) is 15.9. The van der Waals surface area contributed by atoms with Crippen LogP contribution in [0, 0.1) is 0 Å². The number of aromatic amines is 1. The number of nitrogens with one attached hydrogen (secondary N) is 1. The molecule has 4 N–H and O–H groups in total. The van der Waals surface area contributed by atoms with Crippen molar-refractivity contribution in [2.24, 2.45) is 0 Å². The zero-order valence-electron chi connectivity index (χ0n) is 13.2. The number of aliphatic hydroxyl groups excluding tert-OH is 2. The maximum Gasteiger partial charge on any atom is 0.798 e. The first kappa shape index (κ1) is 22.0. The third-order valence-corrected chi connectivity index (χ3v) is 5.86. The van der Waals surface area contributed by atoms with Gasteiger partial charge < -0.3 is 14.9 Å². The molecule has 2 heterocycles. The molecule has 27 heavy (non-hydrogen) atoms. The van der Waals surface area contributed by atoms with Crippen LogP contribution in [0.15, 0.2) is 15.8 Å². The van der Waals surface area contributed by atoms with Gasteiger partial charge in [-0.2, -0.15) is 0 Å². The fraction of sp³-hybridized carbons (Fsp3) is 0.600. The molecule has 148 valence electrons. The minimum atomic E-state index is -3.22. The summed E-state index contributed by atoms with van der Waals surface area (Å²) in [7, 11) is -9.38. The fourth-order valence-corrected chi connectivity index (χ4v) is 3.91. The SMILES string of the molecule is O=c1[nH]c(=O)n([C@H]2C[C@@H](O)[C@@H](CO[P+](=O)O[P+](=O)O[P+](=O)O)O2)cc1CO. The number of hydrogen-bond donors (Lipinski definition) is 4. The molecule has 1 saturated heterocycles. The summed E-state index contributed by atoms with van der Waals surface area (Å²) in [5.41, 5.74) is -1.67. The van der Waals surface area contributed by atoms with Crippen molar-refractivity contribution in [3.05, 3.63) is 32.6 Å². The van der Waals surface area contributed by atoms with Gasteiger partial charge in [-0.05, 0) is 0 Å². The first-order valence-corrected chi connectivity index (χ1v) is 10.4. The molecule has 17 heteroatoms. The molecule has 0 saturated carbocycles. The van der Waals surface area contributed by atoms with E-state index >= 15 is 0 Å². The number of H-pyrrole nitrogens is 1. The van der Waals surface area contributed by atoms with E-state index in [9.17, 15) is 28.4 Å². The molecular weight excluding hydrogens is 433 g/mol. The van der Waals surface area contributed by atoms with E-state index in [4.69, 9.17) is 19.3 Å². The number of nitrogens with zero attached hydrogens (tertiary/aromatic N) is 1. The summed E-state index contributed by atoms with van der Waals surface area (Å²) in [6, 6.07) is 0.